The van der Waals surface area contributed by atoms with E-state index in [2.05, 4.69) is 82.0 Å². The third-order valence-corrected chi connectivity index (χ3v) is 5.65. The molecular formula is C23H39N2S+. The molecule has 0 atom stereocenters. The zero-order valence-electron chi connectivity index (χ0n) is 17.5. The van der Waals surface area contributed by atoms with Crippen LogP contribution in [0.1, 0.15) is 47.0 Å². The molecule has 2 rings (SSSR count). The van der Waals surface area contributed by atoms with Gasteiger partial charge in [-0.3, -0.25) is 0 Å². The topological polar surface area (TPSA) is 26.0 Å². The van der Waals surface area contributed by atoms with Crippen LogP contribution in [0.2, 0.25) is 0 Å². The normalized spacial score (nSPS) is 10.4. The zero-order chi connectivity index (χ0) is 19.8. The fourth-order valence-electron chi connectivity index (χ4n) is 3.07. The van der Waals surface area contributed by atoms with Crippen LogP contribution >= 0.6 is 12.2 Å². The van der Waals surface area contributed by atoms with Crippen LogP contribution in [-0.4, -0.2) is 42.6 Å². The standard InChI is InChI=1S/C12H26NS.C10H8.CH5N/c1-5-12(14)10-9-11-13(6-2,7-3)8-4;1-2-6-10-8-4-3-7-9(10)5-1;1-2/h5-11H2,1-4H3;1-8H;2H2,1H3/q+1;;. The fraction of sp³-hybridized carbons (Fsp3) is 0.522. The molecule has 0 bridgehead atoms. The molecule has 3 heteroatoms. The Bertz CT molecular complexity index is 532. The van der Waals surface area contributed by atoms with Gasteiger partial charge in [-0.25, -0.2) is 0 Å². The van der Waals surface area contributed by atoms with E-state index in [9.17, 15) is 0 Å². The number of quaternary nitrogens is 1. The van der Waals surface area contributed by atoms with Gasteiger partial charge in [0.25, 0.3) is 0 Å². The van der Waals surface area contributed by atoms with Crippen LogP contribution in [0.3, 0.4) is 0 Å². The Morgan fingerprint density at radius 1 is 0.808 bits per heavy atom. The van der Waals surface area contributed by atoms with E-state index in [1.807, 2.05) is 0 Å². The maximum atomic E-state index is 5.25. The van der Waals surface area contributed by atoms with Gasteiger partial charge < -0.3 is 10.2 Å². The maximum Gasteiger partial charge on any atom is 0.0789 e. The molecule has 0 fully saturated rings. The molecule has 26 heavy (non-hydrogen) atoms. The Kier molecular flexibility index (Phi) is 14.1. The molecule has 2 nitrogen and oxygen atoms in total. The summed E-state index contributed by atoms with van der Waals surface area (Å²) in [6.45, 7) is 14.1. The SMILES string of the molecule is CCC(=S)CCC[N+](CC)(CC)CC.CN.c1ccc2ccccc2c1. The van der Waals surface area contributed by atoms with Crippen molar-refractivity contribution in [2.45, 2.75) is 47.0 Å². The van der Waals surface area contributed by atoms with Gasteiger partial charge in [0.2, 0.25) is 0 Å². The molecule has 0 radical (unpaired) electrons. The summed E-state index contributed by atoms with van der Waals surface area (Å²) in [6.07, 6.45) is 3.48. The van der Waals surface area contributed by atoms with Crippen molar-refractivity contribution in [3.8, 4) is 0 Å². The maximum absolute atomic E-state index is 5.25. The van der Waals surface area contributed by atoms with Crippen LogP contribution in [0, 0.1) is 0 Å². The van der Waals surface area contributed by atoms with Crippen LogP contribution in [0.4, 0.5) is 0 Å². The molecule has 0 saturated carbocycles. The first-order valence-electron chi connectivity index (χ1n) is 9.99. The van der Waals surface area contributed by atoms with Gasteiger partial charge in [-0.15, -0.1) is 0 Å². The summed E-state index contributed by atoms with van der Waals surface area (Å²) in [6, 6.07) is 16.7. The van der Waals surface area contributed by atoms with Crippen molar-refractivity contribution in [3.05, 3.63) is 48.5 Å². The third-order valence-electron chi connectivity index (χ3n) is 5.15. The number of rotatable bonds is 8. The van der Waals surface area contributed by atoms with E-state index >= 15 is 0 Å². The lowest BCUT2D eigenvalue weighted by Gasteiger charge is -2.35. The average Bonchev–Trinajstić information content (AvgIpc) is 2.73. The third kappa shape index (κ3) is 8.88. The van der Waals surface area contributed by atoms with Crippen LogP contribution in [0.25, 0.3) is 10.8 Å². The molecule has 0 aliphatic heterocycles. The fourth-order valence-corrected chi connectivity index (χ4v) is 3.21. The van der Waals surface area contributed by atoms with Crippen molar-refractivity contribution in [3.63, 3.8) is 0 Å². The highest BCUT2D eigenvalue weighted by Gasteiger charge is 2.19. The van der Waals surface area contributed by atoms with Gasteiger partial charge in [-0.2, -0.15) is 0 Å². The number of benzene rings is 2. The van der Waals surface area contributed by atoms with Gasteiger partial charge in [0, 0.05) is 6.42 Å². The predicted molar refractivity (Wildman–Crippen MR) is 123 cm³/mol. The number of nitrogens with zero attached hydrogens (tertiary/aromatic N) is 1. The molecule has 0 saturated heterocycles. The van der Waals surface area contributed by atoms with E-state index < -0.39 is 0 Å². The van der Waals surface area contributed by atoms with Gasteiger partial charge in [-0.1, -0.05) is 67.7 Å². The van der Waals surface area contributed by atoms with Crippen LogP contribution < -0.4 is 5.73 Å². The second-order valence-electron chi connectivity index (χ2n) is 6.36. The first kappa shape index (κ1) is 24.7. The van der Waals surface area contributed by atoms with E-state index in [0.29, 0.717) is 0 Å². The smallest absolute Gasteiger partial charge is 0.0789 e. The highest BCUT2D eigenvalue weighted by Crippen LogP contribution is 2.11. The lowest BCUT2D eigenvalue weighted by Crippen LogP contribution is -2.48. The quantitative estimate of drug-likeness (QED) is 0.463. The molecule has 2 aromatic carbocycles. The lowest BCUT2D eigenvalue weighted by molar-refractivity contribution is -0.923. The monoisotopic (exact) mass is 375 g/mol. The van der Waals surface area contributed by atoms with Crippen molar-refractivity contribution in [1.82, 2.24) is 0 Å². The molecule has 0 aliphatic carbocycles. The van der Waals surface area contributed by atoms with Gasteiger partial charge in [0.05, 0.1) is 26.2 Å². The minimum Gasteiger partial charge on any atom is -0.333 e. The number of thiocarbonyl (C=S) groups is 1. The molecule has 0 aromatic heterocycles. The Balaban J connectivity index is 0.000000453. The molecule has 0 spiro atoms. The van der Waals surface area contributed by atoms with Crippen LogP contribution in [0.5, 0.6) is 0 Å². The summed E-state index contributed by atoms with van der Waals surface area (Å²) >= 11 is 5.25. The van der Waals surface area contributed by atoms with Gasteiger partial charge in [0.1, 0.15) is 0 Å². The van der Waals surface area contributed by atoms with E-state index in [0.717, 1.165) is 12.8 Å². The average molecular weight is 376 g/mol. The summed E-state index contributed by atoms with van der Waals surface area (Å²) < 4.78 is 1.26. The highest BCUT2D eigenvalue weighted by atomic mass is 32.1. The molecule has 0 aliphatic rings. The van der Waals surface area contributed by atoms with Crippen molar-refractivity contribution >= 4 is 27.9 Å². The minimum absolute atomic E-state index is 1.07. The lowest BCUT2D eigenvalue weighted by atomic mass is 10.1. The largest absolute Gasteiger partial charge is 0.333 e. The number of nitrogens with two attached hydrogens (primary N) is 1. The predicted octanol–water partition coefficient (Wildman–Crippen LogP) is 5.84. The zero-order valence-corrected chi connectivity index (χ0v) is 18.3. The summed E-state index contributed by atoms with van der Waals surface area (Å²) in [4.78, 5) is 1.24. The van der Waals surface area contributed by atoms with Crippen molar-refractivity contribution in [1.29, 1.82) is 0 Å². The van der Waals surface area contributed by atoms with E-state index in [4.69, 9.17) is 12.2 Å². The van der Waals surface area contributed by atoms with Crippen molar-refractivity contribution in [2.24, 2.45) is 5.73 Å². The minimum atomic E-state index is 1.07. The molecular weight excluding hydrogens is 336 g/mol. The molecule has 146 valence electrons. The summed E-state index contributed by atoms with van der Waals surface area (Å²) in [5.74, 6) is 0. The van der Waals surface area contributed by atoms with E-state index in [1.165, 1.54) is 59.8 Å². The van der Waals surface area contributed by atoms with Gasteiger partial charge in [0.15, 0.2) is 0 Å². The second kappa shape index (κ2) is 14.8. The van der Waals surface area contributed by atoms with Gasteiger partial charge in [-0.05, 0) is 56.3 Å². The van der Waals surface area contributed by atoms with E-state index in [-0.39, 0.29) is 0 Å². The van der Waals surface area contributed by atoms with E-state index in [1.54, 1.807) is 0 Å². The van der Waals surface area contributed by atoms with Crippen LogP contribution in [-0.2, 0) is 0 Å². The molecule has 0 heterocycles. The molecule has 2 N–H and O–H groups in total. The molecule has 0 amide bonds. The number of fused-ring (bicyclic) bond motifs is 1. The molecule has 0 unspecified atom stereocenters. The first-order chi connectivity index (χ1) is 12.6. The Morgan fingerprint density at radius 2 is 1.19 bits per heavy atom. The highest BCUT2D eigenvalue weighted by molar-refractivity contribution is 7.80. The van der Waals surface area contributed by atoms with Gasteiger partial charge >= 0.3 is 0 Å². The molecule has 2 aromatic rings. The summed E-state index contributed by atoms with van der Waals surface area (Å²) in [7, 11) is 1.50. The second-order valence-corrected chi connectivity index (χ2v) is 6.93. The van der Waals surface area contributed by atoms with Crippen molar-refractivity contribution in [2.75, 3.05) is 33.2 Å². The Hall–Kier alpha value is -1.29. The number of hydrogen-bond donors (Lipinski definition) is 1. The van der Waals surface area contributed by atoms with Crippen LogP contribution in [0.15, 0.2) is 48.5 Å². The Labute approximate surface area is 167 Å². The summed E-state index contributed by atoms with van der Waals surface area (Å²) in [5.41, 5.74) is 4.50. The first-order valence-corrected chi connectivity index (χ1v) is 10.4. The van der Waals surface area contributed by atoms with Crippen molar-refractivity contribution < 1.29 is 4.48 Å². The Morgan fingerprint density at radius 3 is 1.50 bits per heavy atom. The summed E-state index contributed by atoms with van der Waals surface area (Å²) in [5, 5.41) is 2.62. The number of hydrogen-bond acceptors (Lipinski definition) is 2.